The van der Waals surface area contributed by atoms with E-state index in [-0.39, 0.29) is 22.7 Å². The smallest absolute Gasteiger partial charge is 0.408 e. The molecule has 4 aromatic rings. The minimum absolute atomic E-state index is 0.0632. The van der Waals surface area contributed by atoms with E-state index >= 15 is 0 Å². The minimum Gasteiger partial charge on any atom is -0.488 e. The number of carboxylic acids is 1. The lowest BCUT2D eigenvalue weighted by atomic mass is 9.83. The summed E-state index contributed by atoms with van der Waals surface area (Å²) in [5.74, 6) is -0.919. The second-order valence-corrected chi connectivity index (χ2v) is 12.8. The number of nitrogens with zero attached hydrogens (tertiary/aromatic N) is 1. The SMILES string of the molecule is CC(C)(C)OC(=O)NC(Cc1ccc(OC(C)(C)C)cc1/C=c1\[nH]c(=O)/c(=C/c2ccccc2)[nH]c1=O)(C(=O)O)c1cccnc1. The monoisotopic (exact) mass is 626 g/mol. The first-order valence-electron chi connectivity index (χ1n) is 14.6. The van der Waals surface area contributed by atoms with Gasteiger partial charge < -0.3 is 29.9 Å². The highest BCUT2D eigenvalue weighted by molar-refractivity contribution is 5.86. The number of carbonyl (C=O) groups is 2. The lowest BCUT2D eigenvalue weighted by molar-refractivity contribution is -0.145. The van der Waals surface area contributed by atoms with Gasteiger partial charge in [-0.15, -0.1) is 0 Å². The third kappa shape index (κ3) is 8.59. The summed E-state index contributed by atoms with van der Waals surface area (Å²) in [7, 11) is 0. The zero-order valence-electron chi connectivity index (χ0n) is 26.6. The summed E-state index contributed by atoms with van der Waals surface area (Å²) in [6.45, 7) is 10.6. The van der Waals surface area contributed by atoms with Crippen molar-refractivity contribution in [1.82, 2.24) is 20.3 Å². The number of ether oxygens (including phenoxy) is 2. The molecule has 1 amide bonds. The number of aromatic amines is 2. The van der Waals surface area contributed by atoms with E-state index in [0.717, 1.165) is 5.56 Å². The summed E-state index contributed by atoms with van der Waals surface area (Å²) in [5.41, 5.74) is -2.87. The molecule has 4 N–H and O–H groups in total. The molecule has 4 rings (SSSR count). The van der Waals surface area contributed by atoms with Crippen molar-refractivity contribution in [3.63, 3.8) is 0 Å². The number of rotatable bonds is 8. The Balaban J connectivity index is 1.91. The molecule has 0 aliphatic rings. The number of alkyl carbamates (subject to hydrolysis) is 1. The van der Waals surface area contributed by atoms with Crippen molar-refractivity contribution in [3.8, 4) is 5.75 Å². The van der Waals surface area contributed by atoms with Crippen LogP contribution in [0.15, 0.2) is 82.6 Å². The Labute approximate surface area is 265 Å². The Morgan fingerprint density at radius 2 is 1.52 bits per heavy atom. The molecule has 0 bridgehead atoms. The van der Waals surface area contributed by atoms with Gasteiger partial charge >= 0.3 is 12.1 Å². The van der Waals surface area contributed by atoms with Crippen LogP contribution < -0.4 is 31.9 Å². The van der Waals surface area contributed by atoms with Crippen molar-refractivity contribution < 1.29 is 24.2 Å². The average Bonchev–Trinajstić information content (AvgIpc) is 2.95. The Bertz CT molecular complexity index is 1960. The van der Waals surface area contributed by atoms with Crippen LogP contribution in [-0.4, -0.2) is 43.3 Å². The molecule has 2 aromatic carbocycles. The summed E-state index contributed by atoms with van der Waals surface area (Å²) in [5, 5.41) is 13.2. The topological polar surface area (TPSA) is 163 Å². The van der Waals surface area contributed by atoms with Gasteiger partial charge in [0.15, 0.2) is 5.54 Å². The standard InChI is InChI=1S/C35H38N4O7/c1-33(2,3)45-26-15-14-23(20-35(31(42)43,25-13-10-16-36-21-25)39-32(44)46-34(4,5)6)24(18-26)19-28-30(41)37-27(29(40)38-28)17-22-11-8-7-9-12-22/h7-19,21H,20H2,1-6H3,(H,37,41)(H,38,40)(H,39,44)(H,42,43)/b27-17-,28-19-. The summed E-state index contributed by atoms with van der Waals surface area (Å²) >= 11 is 0. The van der Waals surface area contributed by atoms with Crippen molar-refractivity contribution in [2.75, 3.05) is 0 Å². The average molecular weight is 627 g/mol. The van der Waals surface area contributed by atoms with Gasteiger partial charge in [-0.1, -0.05) is 42.5 Å². The number of aromatic nitrogens is 3. The van der Waals surface area contributed by atoms with Crippen LogP contribution >= 0.6 is 0 Å². The number of hydrogen-bond acceptors (Lipinski definition) is 7. The molecule has 0 fully saturated rings. The van der Waals surface area contributed by atoms with Crippen molar-refractivity contribution in [2.24, 2.45) is 0 Å². The van der Waals surface area contributed by atoms with Crippen LogP contribution in [0.3, 0.4) is 0 Å². The van der Waals surface area contributed by atoms with Gasteiger partial charge in [0.2, 0.25) is 0 Å². The van der Waals surface area contributed by atoms with Crippen molar-refractivity contribution in [3.05, 3.63) is 127 Å². The molecule has 0 aliphatic carbocycles. The molecule has 0 radical (unpaired) electrons. The number of benzene rings is 2. The number of amides is 1. The highest BCUT2D eigenvalue weighted by atomic mass is 16.6. The zero-order chi connectivity index (χ0) is 33.7. The molecular weight excluding hydrogens is 588 g/mol. The molecule has 46 heavy (non-hydrogen) atoms. The third-order valence-corrected chi connectivity index (χ3v) is 6.63. The van der Waals surface area contributed by atoms with Gasteiger partial charge in [-0.3, -0.25) is 14.6 Å². The number of aliphatic carboxylic acids is 1. The number of nitrogens with one attached hydrogen (secondary N) is 3. The van der Waals surface area contributed by atoms with Crippen molar-refractivity contribution in [1.29, 1.82) is 0 Å². The number of H-pyrrole nitrogens is 2. The molecule has 0 spiro atoms. The third-order valence-electron chi connectivity index (χ3n) is 6.63. The van der Waals surface area contributed by atoms with Crippen LogP contribution in [0, 0.1) is 0 Å². The second-order valence-electron chi connectivity index (χ2n) is 12.8. The molecule has 0 aliphatic heterocycles. The molecule has 0 saturated carbocycles. The highest BCUT2D eigenvalue weighted by Crippen LogP contribution is 2.31. The first-order chi connectivity index (χ1) is 21.5. The zero-order valence-corrected chi connectivity index (χ0v) is 26.6. The Kier molecular flexibility index (Phi) is 9.65. The molecule has 2 heterocycles. The van der Waals surface area contributed by atoms with E-state index in [4.69, 9.17) is 9.47 Å². The van der Waals surface area contributed by atoms with Crippen molar-refractivity contribution in [2.45, 2.75) is 64.7 Å². The van der Waals surface area contributed by atoms with Crippen LogP contribution in [0.1, 0.15) is 63.8 Å². The maximum Gasteiger partial charge on any atom is 0.408 e. The van der Waals surface area contributed by atoms with Gasteiger partial charge in [-0.2, -0.15) is 0 Å². The van der Waals surface area contributed by atoms with Gasteiger partial charge in [0, 0.05) is 24.4 Å². The molecule has 11 heteroatoms. The maximum absolute atomic E-state index is 13.2. The van der Waals surface area contributed by atoms with Gasteiger partial charge in [0.05, 0.1) is 0 Å². The Morgan fingerprint density at radius 3 is 2.09 bits per heavy atom. The van der Waals surface area contributed by atoms with Crippen LogP contribution in [0.4, 0.5) is 4.79 Å². The number of carboxylic acid groups (broad SMARTS) is 1. The van der Waals surface area contributed by atoms with Crippen LogP contribution in [-0.2, 0) is 21.5 Å². The van der Waals surface area contributed by atoms with Crippen molar-refractivity contribution >= 4 is 24.2 Å². The Hall–Kier alpha value is -5.45. The summed E-state index contributed by atoms with van der Waals surface area (Å²) in [4.78, 5) is 61.7. The highest BCUT2D eigenvalue weighted by Gasteiger charge is 2.44. The van der Waals surface area contributed by atoms with E-state index in [1.165, 1.54) is 18.5 Å². The largest absolute Gasteiger partial charge is 0.488 e. The molecule has 1 atom stereocenters. The number of carbonyl (C=O) groups excluding carboxylic acids is 1. The second kappa shape index (κ2) is 13.3. The van der Waals surface area contributed by atoms with E-state index in [1.54, 1.807) is 69.3 Å². The predicted molar refractivity (Wildman–Crippen MR) is 174 cm³/mol. The van der Waals surface area contributed by atoms with E-state index in [1.807, 2.05) is 39.0 Å². The first-order valence-corrected chi connectivity index (χ1v) is 14.6. The fourth-order valence-corrected chi connectivity index (χ4v) is 4.70. The summed E-state index contributed by atoms with van der Waals surface area (Å²) in [6, 6.07) is 17.1. The van der Waals surface area contributed by atoms with Crippen LogP contribution in [0.2, 0.25) is 0 Å². The first kappa shape index (κ1) is 33.4. The number of hydrogen-bond donors (Lipinski definition) is 4. The lowest BCUT2D eigenvalue weighted by Gasteiger charge is -2.32. The number of pyridine rings is 1. The van der Waals surface area contributed by atoms with Gasteiger partial charge in [0.1, 0.15) is 27.6 Å². The fraction of sp³-hybridized carbons (Fsp3) is 0.286. The van der Waals surface area contributed by atoms with Gasteiger partial charge in [-0.05, 0) is 88.6 Å². The van der Waals surface area contributed by atoms with Gasteiger partial charge in [0.25, 0.3) is 11.1 Å². The molecule has 240 valence electrons. The lowest BCUT2D eigenvalue weighted by Crippen LogP contribution is -2.54. The van der Waals surface area contributed by atoms with Gasteiger partial charge in [-0.25, -0.2) is 9.59 Å². The Morgan fingerprint density at radius 1 is 0.870 bits per heavy atom. The quantitative estimate of drug-likeness (QED) is 0.231. The van der Waals surface area contributed by atoms with E-state index < -0.39 is 39.9 Å². The van der Waals surface area contributed by atoms with Crippen LogP contribution in [0.25, 0.3) is 12.2 Å². The molecule has 2 aromatic heterocycles. The van der Waals surface area contributed by atoms with E-state index in [2.05, 4.69) is 20.3 Å². The molecule has 0 saturated heterocycles. The normalized spacial score (nSPS) is 14.0. The van der Waals surface area contributed by atoms with E-state index in [9.17, 15) is 24.3 Å². The van der Waals surface area contributed by atoms with E-state index in [0.29, 0.717) is 16.9 Å². The maximum atomic E-state index is 13.2. The molecule has 1 unspecified atom stereocenters. The van der Waals surface area contributed by atoms with Crippen LogP contribution in [0.5, 0.6) is 5.75 Å². The predicted octanol–water partition coefficient (Wildman–Crippen LogP) is 3.34. The fourth-order valence-electron chi connectivity index (χ4n) is 4.70. The minimum atomic E-state index is -2.03. The molecular formula is C35H38N4O7. The summed E-state index contributed by atoms with van der Waals surface area (Å²) < 4.78 is 11.5. The molecule has 11 nitrogen and oxygen atoms in total. The summed E-state index contributed by atoms with van der Waals surface area (Å²) in [6.07, 6.45) is 4.63.